The van der Waals surface area contributed by atoms with Gasteiger partial charge in [0.25, 0.3) is 0 Å². The van der Waals surface area contributed by atoms with Gasteiger partial charge in [0, 0.05) is 19.8 Å². The molecule has 0 aliphatic heterocycles. The summed E-state index contributed by atoms with van der Waals surface area (Å²) in [6.45, 7) is 2.96. The van der Waals surface area contributed by atoms with Gasteiger partial charge < -0.3 is 15.8 Å². The van der Waals surface area contributed by atoms with Gasteiger partial charge in [0.15, 0.2) is 0 Å². The first-order chi connectivity index (χ1) is 8.63. The predicted octanol–water partition coefficient (Wildman–Crippen LogP) is 1.83. The summed E-state index contributed by atoms with van der Waals surface area (Å²) < 4.78 is 4.96. The van der Waals surface area contributed by atoms with E-state index in [1.807, 2.05) is 0 Å². The zero-order valence-electron chi connectivity index (χ0n) is 11.8. The van der Waals surface area contributed by atoms with Gasteiger partial charge in [-0.3, -0.25) is 4.79 Å². The monoisotopic (exact) mass is 256 g/mol. The van der Waals surface area contributed by atoms with Crippen LogP contribution in [0.5, 0.6) is 0 Å². The Morgan fingerprint density at radius 2 is 2.17 bits per heavy atom. The van der Waals surface area contributed by atoms with Crippen molar-refractivity contribution in [3.05, 3.63) is 0 Å². The summed E-state index contributed by atoms with van der Waals surface area (Å²) in [5.41, 5.74) is 5.87. The van der Waals surface area contributed by atoms with Gasteiger partial charge in [-0.05, 0) is 38.0 Å². The van der Waals surface area contributed by atoms with Crippen LogP contribution in [0.25, 0.3) is 0 Å². The zero-order chi connectivity index (χ0) is 13.4. The largest absolute Gasteiger partial charge is 0.385 e. The van der Waals surface area contributed by atoms with E-state index in [-0.39, 0.29) is 11.9 Å². The highest BCUT2D eigenvalue weighted by Crippen LogP contribution is 2.22. The van der Waals surface area contributed by atoms with Crippen LogP contribution in [0.2, 0.25) is 0 Å². The topological polar surface area (TPSA) is 64.3 Å². The maximum absolute atomic E-state index is 11.9. The molecular formula is C14H28N2O2. The van der Waals surface area contributed by atoms with Crippen LogP contribution >= 0.6 is 0 Å². The molecule has 1 rings (SSSR count). The Hall–Kier alpha value is -0.610. The van der Waals surface area contributed by atoms with Crippen LogP contribution in [0.4, 0.5) is 0 Å². The number of nitrogens with one attached hydrogen (secondary N) is 1. The Kier molecular flexibility index (Phi) is 7.28. The molecule has 0 bridgehead atoms. The number of carbonyl (C=O) groups excluding carboxylic acids is 1. The third kappa shape index (κ3) is 5.83. The number of rotatable bonds is 6. The highest BCUT2D eigenvalue weighted by Gasteiger charge is 2.20. The number of hydrogen-bond donors (Lipinski definition) is 2. The standard InChI is InChI=1S/C14H28N2O2/c1-11-5-3-6-12(9-8-11)16-14(17)13(15)7-4-10-18-2/h11-13H,3-10,15H2,1-2H3,(H,16,17). The molecule has 18 heavy (non-hydrogen) atoms. The van der Waals surface area contributed by atoms with E-state index in [1.54, 1.807) is 7.11 Å². The Bertz CT molecular complexity index is 246. The van der Waals surface area contributed by atoms with Crippen LogP contribution in [0.3, 0.4) is 0 Å². The maximum Gasteiger partial charge on any atom is 0.237 e. The zero-order valence-corrected chi connectivity index (χ0v) is 11.8. The van der Waals surface area contributed by atoms with Crippen molar-refractivity contribution < 1.29 is 9.53 Å². The van der Waals surface area contributed by atoms with Gasteiger partial charge in [0.1, 0.15) is 0 Å². The second kappa shape index (κ2) is 8.48. The molecule has 0 aromatic carbocycles. The van der Waals surface area contributed by atoms with Gasteiger partial charge in [-0.2, -0.15) is 0 Å². The molecule has 3 N–H and O–H groups in total. The summed E-state index contributed by atoms with van der Waals surface area (Å²) >= 11 is 0. The van der Waals surface area contributed by atoms with Crippen LogP contribution in [0.15, 0.2) is 0 Å². The lowest BCUT2D eigenvalue weighted by atomic mass is 10.0. The van der Waals surface area contributed by atoms with E-state index in [1.165, 1.54) is 19.3 Å². The van der Waals surface area contributed by atoms with Crippen LogP contribution < -0.4 is 11.1 Å². The molecule has 0 spiro atoms. The summed E-state index contributed by atoms with van der Waals surface area (Å²) in [6, 6.07) is -0.0586. The minimum absolute atomic E-state index is 0.00524. The lowest BCUT2D eigenvalue weighted by Crippen LogP contribution is -2.45. The molecule has 1 amide bonds. The van der Waals surface area contributed by atoms with Gasteiger partial charge in [-0.25, -0.2) is 0 Å². The molecule has 1 aliphatic carbocycles. The molecule has 4 nitrogen and oxygen atoms in total. The Balaban J connectivity index is 2.25. The van der Waals surface area contributed by atoms with Crippen molar-refractivity contribution in [3.63, 3.8) is 0 Å². The number of ether oxygens (including phenoxy) is 1. The van der Waals surface area contributed by atoms with E-state index in [2.05, 4.69) is 12.2 Å². The predicted molar refractivity (Wildman–Crippen MR) is 73.3 cm³/mol. The number of carbonyl (C=O) groups is 1. The number of nitrogens with two attached hydrogens (primary N) is 1. The van der Waals surface area contributed by atoms with Crippen molar-refractivity contribution >= 4 is 5.91 Å². The van der Waals surface area contributed by atoms with Crippen LogP contribution in [0.1, 0.15) is 51.9 Å². The van der Waals surface area contributed by atoms with Crippen LogP contribution in [-0.2, 0) is 9.53 Å². The molecule has 0 radical (unpaired) electrons. The molecule has 4 heteroatoms. The number of methoxy groups -OCH3 is 1. The molecule has 0 saturated heterocycles. The lowest BCUT2D eigenvalue weighted by molar-refractivity contribution is -0.123. The molecule has 1 saturated carbocycles. The van der Waals surface area contributed by atoms with Crippen molar-refractivity contribution in [1.29, 1.82) is 0 Å². The second-order valence-electron chi connectivity index (χ2n) is 5.56. The third-order valence-corrected chi connectivity index (χ3v) is 3.80. The molecule has 3 unspecified atom stereocenters. The van der Waals surface area contributed by atoms with Gasteiger partial charge in [-0.1, -0.05) is 19.8 Å². The Morgan fingerprint density at radius 3 is 2.89 bits per heavy atom. The van der Waals surface area contributed by atoms with E-state index in [4.69, 9.17) is 10.5 Å². The Labute approximate surface area is 111 Å². The highest BCUT2D eigenvalue weighted by atomic mass is 16.5. The highest BCUT2D eigenvalue weighted by molar-refractivity contribution is 5.81. The van der Waals surface area contributed by atoms with Crippen molar-refractivity contribution in [2.24, 2.45) is 11.7 Å². The van der Waals surface area contributed by atoms with E-state index in [0.29, 0.717) is 19.1 Å². The fourth-order valence-electron chi connectivity index (χ4n) is 2.52. The van der Waals surface area contributed by atoms with Crippen molar-refractivity contribution in [2.75, 3.05) is 13.7 Å². The molecule has 0 aromatic rings. The lowest BCUT2D eigenvalue weighted by Gasteiger charge is -2.19. The number of hydrogen-bond acceptors (Lipinski definition) is 3. The Morgan fingerprint density at radius 1 is 1.39 bits per heavy atom. The van der Waals surface area contributed by atoms with E-state index in [9.17, 15) is 4.79 Å². The fourth-order valence-corrected chi connectivity index (χ4v) is 2.52. The molecular weight excluding hydrogens is 228 g/mol. The smallest absolute Gasteiger partial charge is 0.237 e. The van der Waals surface area contributed by atoms with Gasteiger partial charge in [0.2, 0.25) is 5.91 Å². The van der Waals surface area contributed by atoms with E-state index in [0.717, 1.165) is 25.2 Å². The average Bonchev–Trinajstić information content (AvgIpc) is 2.54. The van der Waals surface area contributed by atoms with Gasteiger partial charge >= 0.3 is 0 Å². The number of amides is 1. The summed E-state index contributed by atoms with van der Waals surface area (Å²) in [6.07, 6.45) is 7.44. The van der Waals surface area contributed by atoms with Crippen molar-refractivity contribution in [3.8, 4) is 0 Å². The molecule has 0 aromatic heterocycles. The summed E-state index contributed by atoms with van der Waals surface area (Å²) in [7, 11) is 1.66. The van der Waals surface area contributed by atoms with Crippen LogP contribution in [0, 0.1) is 5.92 Å². The van der Waals surface area contributed by atoms with Crippen LogP contribution in [-0.4, -0.2) is 31.7 Å². The van der Waals surface area contributed by atoms with Crippen molar-refractivity contribution in [1.82, 2.24) is 5.32 Å². The van der Waals surface area contributed by atoms with Gasteiger partial charge in [-0.15, -0.1) is 0 Å². The first kappa shape index (κ1) is 15.4. The van der Waals surface area contributed by atoms with Gasteiger partial charge in [0.05, 0.1) is 6.04 Å². The SMILES string of the molecule is COCCCC(N)C(=O)NC1CCCC(C)CC1. The molecule has 3 atom stereocenters. The molecule has 1 fully saturated rings. The first-order valence-electron chi connectivity index (χ1n) is 7.18. The second-order valence-corrected chi connectivity index (χ2v) is 5.56. The molecule has 0 heterocycles. The quantitative estimate of drug-likeness (QED) is 0.563. The first-order valence-corrected chi connectivity index (χ1v) is 7.18. The minimum Gasteiger partial charge on any atom is -0.385 e. The summed E-state index contributed by atoms with van der Waals surface area (Å²) in [5.74, 6) is 0.799. The van der Waals surface area contributed by atoms with E-state index < -0.39 is 0 Å². The maximum atomic E-state index is 11.9. The average molecular weight is 256 g/mol. The molecule has 1 aliphatic rings. The molecule has 106 valence electrons. The fraction of sp³-hybridized carbons (Fsp3) is 0.929. The summed E-state index contributed by atoms with van der Waals surface area (Å²) in [5, 5.41) is 3.10. The minimum atomic E-state index is -0.388. The van der Waals surface area contributed by atoms with E-state index >= 15 is 0 Å². The van der Waals surface area contributed by atoms with Crippen molar-refractivity contribution in [2.45, 2.75) is 64.0 Å². The summed E-state index contributed by atoms with van der Waals surface area (Å²) in [4.78, 5) is 11.9. The normalized spacial score (nSPS) is 26.4. The third-order valence-electron chi connectivity index (χ3n) is 3.80.